The Balaban J connectivity index is 0.000000222. The maximum absolute atomic E-state index is 8.00. The number of hydrogen-bond donors (Lipinski definition) is 2. The molecule has 3 aliphatic heterocycles. The highest BCUT2D eigenvalue weighted by molar-refractivity contribution is 5.11. The molecular weight excluding hydrogens is 140 g/mol. The van der Waals surface area contributed by atoms with Crippen LogP contribution in [-0.2, 0) is 4.79 Å². The van der Waals surface area contributed by atoms with Crippen LogP contribution in [0.5, 0.6) is 0 Å². The van der Waals surface area contributed by atoms with Gasteiger partial charge in [0.05, 0.1) is 0 Å². The van der Waals surface area contributed by atoms with Crippen molar-refractivity contribution in [1.82, 2.24) is 10.6 Å². The summed E-state index contributed by atoms with van der Waals surface area (Å²) in [5, 5.41) is 6.74. The fourth-order valence-electron chi connectivity index (χ4n) is 1.37. The number of fused-ring (bicyclic) bond motifs is 2. The average molecular weight is 158 g/mol. The Bertz CT molecular complexity index is 78.6. The first kappa shape index (κ1) is 10.6. The Morgan fingerprint density at radius 2 is 1.55 bits per heavy atom. The van der Waals surface area contributed by atoms with Crippen molar-refractivity contribution >= 4 is 6.79 Å². The summed E-state index contributed by atoms with van der Waals surface area (Å²) in [7, 11) is 0. The van der Waals surface area contributed by atoms with Crippen molar-refractivity contribution in [2.75, 3.05) is 13.1 Å². The summed E-state index contributed by atoms with van der Waals surface area (Å²) in [5.74, 6) is 0. The zero-order valence-electron chi connectivity index (χ0n) is 7.39. The van der Waals surface area contributed by atoms with Crippen molar-refractivity contribution in [2.45, 2.75) is 32.4 Å². The fourth-order valence-corrected chi connectivity index (χ4v) is 1.37. The molecule has 3 fully saturated rings. The molecule has 0 radical (unpaired) electrons. The standard InChI is InChI=1S/C5H10N2.C2H6.CH2O/c1-4-2-6-3-5(1)7-4;2*1-2/h4-7H,1-3H2;1-2H3;1H2. The van der Waals surface area contributed by atoms with E-state index in [1.54, 1.807) is 0 Å². The maximum Gasteiger partial charge on any atom is 0.106 e. The molecule has 3 rings (SSSR count). The molecule has 0 aromatic rings. The van der Waals surface area contributed by atoms with Crippen molar-refractivity contribution in [1.29, 1.82) is 0 Å². The summed E-state index contributed by atoms with van der Waals surface area (Å²) >= 11 is 0. The zero-order chi connectivity index (χ0) is 8.69. The molecule has 0 aromatic heterocycles. The van der Waals surface area contributed by atoms with Crippen LogP contribution >= 0.6 is 0 Å². The lowest BCUT2D eigenvalue weighted by Gasteiger charge is -2.42. The predicted molar refractivity (Wildman–Crippen MR) is 46.7 cm³/mol. The van der Waals surface area contributed by atoms with Gasteiger partial charge in [-0.2, -0.15) is 0 Å². The Labute approximate surface area is 68.6 Å². The van der Waals surface area contributed by atoms with Gasteiger partial charge in [0.1, 0.15) is 6.79 Å². The molecule has 0 spiro atoms. The second-order valence-electron chi connectivity index (χ2n) is 2.45. The maximum atomic E-state index is 8.00. The number of carbonyl (C=O) groups excluding carboxylic acids is 1. The number of carbonyl (C=O) groups is 1. The first-order valence-corrected chi connectivity index (χ1v) is 4.21. The average Bonchev–Trinajstić information content (AvgIpc) is 2.12. The minimum atomic E-state index is 0.818. The lowest BCUT2D eigenvalue weighted by molar-refractivity contribution is -0.0979. The van der Waals surface area contributed by atoms with Gasteiger partial charge in [0.2, 0.25) is 0 Å². The Hall–Kier alpha value is -0.410. The molecule has 2 unspecified atom stereocenters. The van der Waals surface area contributed by atoms with Gasteiger partial charge in [-0.05, 0) is 6.42 Å². The minimum absolute atomic E-state index is 0.818. The first-order valence-electron chi connectivity index (χ1n) is 4.21. The molecule has 3 nitrogen and oxygen atoms in total. The normalized spacial score (nSPS) is 31.5. The van der Waals surface area contributed by atoms with E-state index in [1.807, 2.05) is 20.6 Å². The van der Waals surface area contributed by atoms with Crippen molar-refractivity contribution in [3.63, 3.8) is 0 Å². The van der Waals surface area contributed by atoms with Gasteiger partial charge in [-0.25, -0.2) is 0 Å². The van der Waals surface area contributed by atoms with E-state index in [2.05, 4.69) is 10.6 Å². The summed E-state index contributed by atoms with van der Waals surface area (Å²) < 4.78 is 0. The highest BCUT2D eigenvalue weighted by Crippen LogP contribution is 2.13. The van der Waals surface area contributed by atoms with Crippen LogP contribution in [0.4, 0.5) is 0 Å². The van der Waals surface area contributed by atoms with Crippen molar-refractivity contribution in [2.24, 2.45) is 0 Å². The molecule has 11 heavy (non-hydrogen) atoms. The highest BCUT2D eigenvalue weighted by atomic mass is 16.1. The van der Waals surface area contributed by atoms with Gasteiger partial charge < -0.3 is 15.4 Å². The molecule has 2 bridgehead atoms. The molecule has 0 amide bonds. The number of piperazine rings is 1. The van der Waals surface area contributed by atoms with E-state index in [4.69, 9.17) is 4.79 Å². The van der Waals surface area contributed by atoms with Gasteiger partial charge in [-0.1, -0.05) is 13.8 Å². The van der Waals surface area contributed by atoms with Crippen LogP contribution in [0.25, 0.3) is 0 Å². The summed E-state index contributed by atoms with van der Waals surface area (Å²) in [6.07, 6.45) is 1.41. The zero-order valence-corrected chi connectivity index (χ0v) is 7.39. The van der Waals surface area contributed by atoms with E-state index in [-0.39, 0.29) is 0 Å². The van der Waals surface area contributed by atoms with Gasteiger partial charge in [0, 0.05) is 25.2 Å². The molecule has 3 heterocycles. The lowest BCUT2D eigenvalue weighted by Crippen LogP contribution is -2.65. The van der Waals surface area contributed by atoms with E-state index >= 15 is 0 Å². The van der Waals surface area contributed by atoms with Gasteiger partial charge in [-0.3, -0.25) is 0 Å². The molecule has 3 heteroatoms. The molecule has 0 aliphatic carbocycles. The Kier molecular flexibility index (Phi) is 6.07. The quantitative estimate of drug-likeness (QED) is 0.527. The topological polar surface area (TPSA) is 41.1 Å². The second-order valence-corrected chi connectivity index (χ2v) is 2.45. The van der Waals surface area contributed by atoms with Gasteiger partial charge in [0.15, 0.2) is 0 Å². The third kappa shape index (κ3) is 2.99. The minimum Gasteiger partial charge on any atom is -0.314 e. The van der Waals surface area contributed by atoms with Crippen molar-refractivity contribution < 1.29 is 4.79 Å². The SMILES string of the molecule is C1NCC2CC1N2.C=O.CC. The molecule has 2 atom stereocenters. The van der Waals surface area contributed by atoms with Gasteiger partial charge >= 0.3 is 0 Å². The summed E-state index contributed by atoms with van der Waals surface area (Å²) in [6.45, 7) is 8.38. The molecule has 66 valence electrons. The van der Waals surface area contributed by atoms with Crippen LogP contribution in [0.1, 0.15) is 20.3 Å². The number of hydrogen-bond acceptors (Lipinski definition) is 3. The number of nitrogens with one attached hydrogen (secondary N) is 2. The largest absolute Gasteiger partial charge is 0.314 e. The molecule has 2 N–H and O–H groups in total. The second kappa shape index (κ2) is 6.31. The smallest absolute Gasteiger partial charge is 0.106 e. The lowest BCUT2D eigenvalue weighted by atomic mass is 9.93. The predicted octanol–water partition coefficient (Wildman–Crippen LogP) is 0.161. The van der Waals surface area contributed by atoms with E-state index in [9.17, 15) is 0 Å². The van der Waals surface area contributed by atoms with Crippen LogP contribution in [0.2, 0.25) is 0 Å². The van der Waals surface area contributed by atoms with Gasteiger partial charge in [-0.15, -0.1) is 0 Å². The molecule has 3 aliphatic rings. The molecule has 0 saturated carbocycles. The Morgan fingerprint density at radius 3 is 1.64 bits per heavy atom. The van der Waals surface area contributed by atoms with E-state index in [0.29, 0.717) is 0 Å². The van der Waals surface area contributed by atoms with Crippen LogP contribution in [-0.4, -0.2) is 32.0 Å². The van der Waals surface area contributed by atoms with E-state index in [0.717, 1.165) is 12.1 Å². The van der Waals surface area contributed by atoms with Crippen LogP contribution in [0.15, 0.2) is 0 Å². The van der Waals surface area contributed by atoms with Crippen LogP contribution in [0.3, 0.4) is 0 Å². The van der Waals surface area contributed by atoms with Gasteiger partial charge in [0.25, 0.3) is 0 Å². The third-order valence-electron chi connectivity index (χ3n) is 1.82. The number of piperidine rings is 1. The van der Waals surface area contributed by atoms with Crippen LogP contribution in [0, 0.1) is 0 Å². The van der Waals surface area contributed by atoms with E-state index in [1.165, 1.54) is 19.5 Å². The summed E-state index contributed by atoms with van der Waals surface area (Å²) in [6, 6.07) is 1.64. The molecule has 3 saturated heterocycles. The summed E-state index contributed by atoms with van der Waals surface area (Å²) in [5.41, 5.74) is 0. The van der Waals surface area contributed by atoms with Crippen LogP contribution < -0.4 is 10.6 Å². The Morgan fingerprint density at radius 1 is 1.18 bits per heavy atom. The number of rotatable bonds is 0. The molecular formula is C8H18N2O. The first-order chi connectivity index (χ1) is 5.45. The van der Waals surface area contributed by atoms with Crippen molar-refractivity contribution in [3.8, 4) is 0 Å². The molecule has 0 aromatic carbocycles. The summed E-state index contributed by atoms with van der Waals surface area (Å²) in [4.78, 5) is 8.00. The monoisotopic (exact) mass is 158 g/mol. The van der Waals surface area contributed by atoms with Crippen molar-refractivity contribution in [3.05, 3.63) is 0 Å². The van der Waals surface area contributed by atoms with E-state index < -0.39 is 0 Å². The third-order valence-corrected chi connectivity index (χ3v) is 1.82. The fraction of sp³-hybridized carbons (Fsp3) is 0.875. The highest BCUT2D eigenvalue weighted by Gasteiger charge is 2.31.